The summed E-state index contributed by atoms with van der Waals surface area (Å²) in [6, 6.07) is 12.9. The molecule has 1 aromatic carbocycles. The maximum atomic E-state index is 12.8. The zero-order valence-electron chi connectivity index (χ0n) is 16.0. The average Bonchev–Trinajstić information content (AvgIpc) is 3.22. The van der Waals surface area contributed by atoms with E-state index in [4.69, 9.17) is 0 Å². The number of thiophene rings is 1. The second kappa shape index (κ2) is 8.26. The number of hydrogen-bond acceptors (Lipinski definition) is 3. The molecule has 2 aliphatic rings. The summed E-state index contributed by atoms with van der Waals surface area (Å²) in [4.78, 5) is 15.2. The van der Waals surface area contributed by atoms with E-state index in [-0.39, 0.29) is 5.92 Å². The molecule has 1 aromatic heterocycles. The molecule has 2 heterocycles. The third-order valence-corrected chi connectivity index (χ3v) is 6.44. The van der Waals surface area contributed by atoms with Crippen LogP contribution >= 0.6 is 11.3 Å². The van der Waals surface area contributed by atoms with E-state index in [0.717, 1.165) is 37.8 Å². The van der Waals surface area contributed by atoms with Crippen LogP contribution in [0.2, 0.25) is 0 Å². The quantitative estimate of drug-likeness (QED) is 0.569. The lowest BCUT2D eigenvalue weighted by Gasteiger charge is -2.38. The van der Waals surface area contributed by atoms with Gasteiger partial charge in [-0.3, -0.25) is 4.79 Å². The summed E-state index contributed by atoms with van der Waals surface area (Å²) in [7, 11) is 0. The molecule has 0 amide bonds. The highest BCUT2D eigenvalue weighted by atomic mass is 32.1. The van der Waals surface area contributed by atoms with Crippen LogP contribution in [-0.2, 0) is 11.2 Å². The second-order valence-electron chi connectivity index (χ2n) is 7.57. The molecule has 1 aliphatic heterocycles. The van der Waals surface area contributed by atoms with Gasteiger partial charge in [-0.2, -0.15) is 11.3 Å². The van der Waals surface area contributed by atoms with Crippen LogP contribution in [0.25, 0.3) is 0 Å². The first-order chi connectivity index (χ1) is 13.2. The molecule has 1 atom stereocenters. The van der Waals surface area contributed by atoms with Crippen molar-refractivity contribution in [3.8, 4) is 0 Å². The highest BCUT2D eigenvalue weighted by Gasteiger charge is 2.34. The molecule has 2 aromatic rings. The van der Waals surface area contributed by atoms with Gasteiger partial charge in [0.15, 0.2) is 5.78 Å². The Morgan fingerprint density at radius 2 is 1.96 bits per heavy atom. The zero-order valence-corrected chi connectivity index (χ0v) is 16.8. The highest BCUT2D eigenvalue weighted by Crippen LogP contribution is 2.42. The standard InChI is InChI=1S/C24H27NOS/c1-18-16-21(20-13-15-27-17-20)24-22(11-7-12-23(24)26)25(18)14-6-5-10-19-8-3-2-4-9-19/h2-4,8-9,13,15-17,21H,5-7,10-12,14H2,1H3. The molecule has 0 N–H and O–H groups in total. The number of Topliss-reactive ketones (excluding diaryl/α,β-unsaturated/α-hetero) is 1. The Bertz CT molecular complexity index is 848. The summed E-state index contributed by atoms with van der Waals surface area (Å²) >= 11 is 1.71. The Morgan fingerprint density at radius 1 is 1.11 bits per heavy atom. The molecule has 4 rings (SSSR count). The lowest BCUT2D eigenvalue weighted by molar-refractivity contribution is -0.116. The van der Waals surface area contributed by atoms with Gasteiger partial charge in [0.2, 0.25) is 0 Å². The van der Waals surface area contributed by atoms with E-state index in [1.54, 1.807) is 11.3 Å². The van der Waals surface area contributed by atoms with Crippen molar-refractivity contribution in [1.29, 1.82) is 0 Å². The number of unbranched alkanes of at least 4 members (excludes halogenated alkanes) is 1. The first kappa shape index (κ1) is 18.2. The van der Waals surface area contributed by atoms with Crippen molar-refractivity contribution in [2.45, 2.75) is 51.4 Å². The monoisotopic (exact) mass is 377 g/mol. The van der Waals surface area contributed by atoms with Crippen LogP contribution in [0, 0.1) is 0 Å². The lowest BCUT2D eigenvalue weighted by Crippen LogP contribution is -2.33. The Labute approximate surface area is 166 Å². The predicted molar refractivity (Wildman–Crippen MR) is 113 cm³/mol. The van der Waals surface area contributed by atoms with Crippen molar-refractivity contribution >= 4 is 17.1 Å². The largest absolute Gasteiger partial charge is 0.349 e. The highest BCUT2D eigenvalue weighted by molar-refractivity contribution is 7.08. The summed E-state index contributed by atoms with van der Waals surface area (Å²) in [6.07, 6.45) is 8.48. The fraction of sp³-hybridized carbons (Fsp3) is 0.375. The minimum Gasteiger partial charge on any atom is -0.349 e. The molecule has 0 saturated carbocycles. The number of hydrogen-bond donors (Lipinski definition) is 0. The molecule has 1 aliphatic carbocycles. The summed E-state index contributed by atoms with van der Waals surface area (Å²) < 4.78 is 0. The maximum absolute atomic E-state index is 12.8. The van der Waals surface area contributed by atoms with E-state index in [0.29, 0.717) is 12.2 Å². The van der Waals surface area contributed by atoms with Gasteiger partial charge in [0.1, 0.15) is 0 Å². The van der Waals surface area contributed by atoms with E-state index < -0.39 is 0 Å². The molecule has 140 valence electrons. The number of benzene rings is 1. The summed E-state index contributed by atoms with van der Waals surface area (Å²) in [6.45, 7) is 3.22. The fourth-order valence-corrected chi connectivity index (χ4v) is 5.07. The first-order valence-electron chi connectivity index (χ1n) is 10.0. The summed E-state index contributed by atoms with van der Waals surface area (Å²) in [5.41, 5.74) is 6.34. The second-order valence-corrected chi connectivity index (χ2v) is 8.35. The number of aryl methyl sites for hydroxylation is 1. The van der Waals surface area contributed by atoms with Gasteiger partial charge in [0.05, 0.1) is 0 Å². The fourth-order valence-electron chi connectivity index (χ4n) is 4.38. The van der Waals surface area contributed by atoms with Crippen LogP contribution in [-0.4, -0.2) is 17.2 Å². The minimum atomic E-state index is 0.152. The van der Waals surface area contributed by atoms with Crippen molar-refractivity contribution in [2.75, 3.05) is 6.54 Å². The van der Waals surface area contributed by atoms with Crippen LogP contribution in [0.3, 0.4) is 0 Å². The Balaban J connectivity index is 1.49. The third kappa shape index (κ3) is 3.93. The summed E-state index contributed by atoms with van der Waals surface area (Å²) in [5.74, 6) is 0.505. The molecule has 0 radical (unpaired) electrons. The SMILES string of the molecule is CC1=CC(c2ccsc2)C2=C(CCCC2=O)N1CCCCc1ccccc1. The Hall–Kier alpha value is -2.13. The molecule has 0 spiro atoms. The van der Waals surface area contributed by atoms with Gasteiger partial charge in [-0.15, -0.1) is 0 Å². The van der Waals surface area contributed by atoms with Gasteiger partial charge in [0, 0.05) is 35.9 Å². The third-order valence-electron chi connectivity index (χ3n) is 5.74. The molecule has 1 unspecified atom stereocenters. The van der Waals surface area contributed by atoms with Gasteiger partial charge in [-0.25, -0.2) is 0 Å². The van der Waals surface area contributed by atoms with Crippen LogP contribution in [0.15, 0.2) is 70.2 Å². The number of rotatable bonds is 6. The topological polar surface area (TPSA) is 20.3 Å². The van der Waals surface area contributed by atoms with Crippen molar-refractivity contribution in [3.63, 3.8) is 0 Å². The molecule has 0 fully saturated rings. The number of carbonyl (C=O) groups is 1. The first-order valence-corrected chi connectivity index (χ1v) is 11.0. The molecule has 0 saturated heterocycles. The molecule has 3 heteroatoms. The molecule has 0 bridgehead atoms. The Kier molecular flexibility index (Phi) is 5.58. The lowest BCUT2D eigenvalue weighted by atomic mass is 9.79. The Morgan fingerprint density at radius 3 is 2.74 bits per heavy atom. The van der Waals surface area contributed by atoms with Crippen LogP contribution in [0.4, 0.5) is 0 Å². The average molecular weight is 378 g/mol. The van der Waals surface area contributed by atoms with Gasteiger partial charge < -0.3 is 4.90 Å². The molecular weight excluding hydrogens is 350 g/mol. The van der Waals surface area contributed by atoms with Crippen LogP contribution in [0.1, 0.15) is 56.1 Å². The number of carbonyl (C=O) groups excluding carboxylic acids is 1. The normalized spacial score (nSPS) is 19.9. The smallest absolute Gasteiger partial charge is 0.161 e. The molecular formula is C24H27NOS. The van der Waals surface area contributed by atoms with E-state index in [9.17, 15) is 4.79 Å². The molecule has 2 nitrogen and oxygen atoms in total. The van der Waals surface area contributed by atoms with E-state index in [1.165, 1.54) is 28.9 Å². The van der Waals surface area contributed by atoms with Crippen molar-refractivity contribution in [1.82, 2.24) is 4.90 Å². The zero-order chi connectivity index (χ0) is 18.6. The van der Waals surface area contributed by atoms with Gasteiger partial charge >= 0.3 is 0 Å². The summed E-state index contributed by atoms with van der Waals surface area (Å²) in [5, 5.41) is 4.30. The van der Waals surface area contributed by atoms with Crippen molar-refractivity contribution < 1.29 is 4.79 Å². The van der Waals surface area contributed by atoms with E-state index in [2.05, 4.69) is 65.1 Å². The minimum absolute atomic E-state index is 0.152. The number of nitrogens with zero attached hydrogens (tertiary/aromatic N) is 1. The van der Waals surface area contributed by atoms with Gasteiger partial charge in [0.25, 0.3) is 0 Å². The van der Waals surface area contributed by atoms with Crippen LogP contribution < -0.4 is 0 Å². The van der Waals surface area contributed by atoms with Crippen molar-refractivity contribution in [3.05, 3.63) is 81.3 Å². The number of ketones is 1. The van der Waals surface area contributed by atoms with Crippen LogP contribution in [0.5, 0.6) is 0 Å². The predicted octanol–water partition coefficient (Wildman–Crippen LogP) is 6.08. The van der Waals surface area contributed by atoms with Gasteiger partial charge in [-0.1, -0.05) is 36.4 Å². The number of allylic oxidation sites excluding steroid dienone is 4. The molecule has 27 heavy (non-hydrogen) atoms. The van der Waals surface area contributed by atoms with E-state index in [1.807, 2.05) is 0 Å². The maximum Gasteiger partial charge on any atom is 0.161 e. The van der Waals surface area contributed by atoms with E-state index >= 15 is 0 Å². The van der Waals surface area contributed by atoms with Gasteiger partial charge in [-0.05, 0) is 67.0 Å². The van der Waals surface area contributed by atoms with Crippen molar-refractivity contribution in [2.24, 2.45) is 0 Å².